The van der Waals surface area contributed by atoms with E-state index in [1.807, 2.05) is 14.2 Å². The molecule has 0 aromatic carbocycles. The second-order valence-corrected chi connectivity index (χ2v) is 21.4. The van der Waals surface area contributed by atoms with Crippen molar-refractivity contribution in [2.45, 2.75) is 103 Å². The summed E-state index contributed by atoms with van der Waals surface area (Å²) in [4.78, 5) is 0. The van der Waals surface area contributed by atoms with E-state index < -0.39 is 25.0 Å². The van der Waals surface area contributed by atoms with E-state index in [1.54, 1.807) is 0 Å². The van der Waals surface area contributed by atoms with E-state index >= 15 is 0 Å². The van der Waals surface area contributed by atoms with Gasteiger partial charge in [0.05, 0.1) is 0 Å². The lowest BCUT2D eigenvalue weighted by molar-refractivity contribution is 0.217. The first-order valence-corrected chi connectivity index (χ1v) is 17.7. The summed E-state index contributed by atoms with van der Waals surface area (Å²) in [7, 11) is -1.47. The van der Waals surface area contributed by atoms with Gasteiger partial charge >= 0.3 is 8.56 Å². The van der Waals surface area contributed by atoms with Gasteiger partial charge in [-0.3, -0.25) is 0 Å². The Morgan fingerprint density at radius 1 is 0.667 bits per heavy atom. The lowest BCUT2D eigenvalue weighted by Gasteiger charge is -2.58. The van der Waals surface area contributed by atoms with Gasteiger partial charge in [-0.15, -0.1) is 0 Å². The predicted octanol–water partition coefficient (Wildman–Crippen LogP) is 5.98. The Morgan fingerprint density at radius 2 is 0.958 bits per heavy atom. The maximum Gasteiger partial charge on any atom is 0.350 e. The molecule has 3 nitrogen and oxygen atoms in total. The van der Waals surface area contributed by atoms with Gasteiger partial charge in [0, 0.05) is 19.9 Å². The van der Waals surface area contributed by atoms with E-state index in [2.05, 4.69) is 59.2 Å². The minimum atomic E-state index is -2.21. The summed E-state index contributed by atoms with van der Waals surface area (Å²) in [6, 6.07) is 8.10. The highest BCUT2D eigenvalue weighted by Crippen LogP contribution is 2.40. The van der Waals surface area contributed by atoms with Crippen LogP contribution >= 0.6 is 0 Å². The van der Waals surface area contributed by atoms with Crippen LogP contribution in [0.2, 0.25) is 42.8 Å². The molecule has 0 fully saturated rings. The van der Waals surface area contributed by atoms with Gasteiger partial charge in [-0.2, -0.15) is 0 Å². The van der Waals surface area contributed by atoms with Gasteiger partial charge in [0.2, 0.25) is 0 Å². The molecule has 1 unspecified atom stereocenters. The summed E-state index contributed by atoms with van der Waals surface area (Å²) in [5, 5.41) is 0. The quantitative estimate of drug-likeness (QED) is 0.360. The first-order chi connectivity index (χ1) is 11.3. The molecule has 0 aliphatic heterocycles. The monoisotopic (exact) mass is 391 g/mol. The van der Waals surface area contributed by atoms with Crippen molar-refractivity contribution in [3.05, 3.63) is 0 Å². The molecule has 0 saturated carbocycles. The highest BCUT2D eigenvalue weighted by atomic mass is 28.4. The zero-order valence-electron chi connectivity index (χ0n) is 18.3. The molecule has 146 valence electrons. The summed E-state index contributed by atoms with van der Waals surface area (Å²) >= 11 is 0. The Labute approximate surface area is 155 Å². The lowest BCUT2D eigenvalue weighted by atomic mass is 10.5. The van der Waals surface area contributed by atoms with Gasteiger partial charge in [0.25, 0.3) is 0 Å². The molecule has 6 heteroatoms. The van der Waals surface area contributed by atoms with Crippen LogP contribution in [0.1, 0.15) is 54.9 Å². The van der Waals surface area contributed by atoms with Crippen molar-refractivity contribution >= 4 is 25.0 Å². The topological polar surface area (TPSA) is 21.7 Å². The first-order valence-electron chi connectivity index (χ1n) is 10.2. The smallest absolute Gasteiger partial charge is 0.350 e. The molecule has 24 heavy (non-hydrogen) atoms. The van der Waals surface area contributed by atoms with Crippen molar-refractivity contribution in [1.82, 2.24) is 4.23 Å². The molecule has 0 aromatic heterocycles. The van der Waals surface area contributed by atoms with Crippen LogP contribution in [0, 0.1) is 0 Å². The van der Waals surface area contributed by atoms with Crippen LogP contribution < -0.4 is 0 Å². The van der Waals surface area contributed by atoms with Gasteiger partial charge in [0.1, 0.15) is 16.5 Å². The van der Waals surface area contributed by atoms with Gasteiger partial charge in [-0.05, 0) is 49.2 Å². The van der Waals surface area contributed by atoms with Crippen molar-refractivity contribution in [2.24, 2.45) is 0 Å². The highest BCUT2D eigenvalue weighted by Gasteiger charge is 2.55. The molecule has 0 N–H and O–H groups in total. The fraction of sp³-hybridized carbons (Fsp3) is 1.00. The van der Waals surface area contributed by atoms with E-state index in [4.69, 9.17) is 8.85 Å². The number of rotatable bonds is 13. The molecule has 0 radical (unpaired) electrons. The maximum absolute atomic E-state index is 6.10. The van der Waals surface area contributed by atoms with Crippen LogP contribution in [0.15, 0.2) is 0 Å². The average molecular weight is 392 g/mol. The molecule has 0 rings (SSSR count). The van der Waals surface area contributed by atoms with Gasteiger partial charge in [0.15, 0.2) is 0 Å². The number of hydrogen-bond donors (Lipinski definition) is 0. The second-order valence-electron chi connectivity index (χ2n) is 7.29. The van der Waals surface area contributed by atoms with Crippen LogP contribution in [0.4, 0.5) is 0 Å². The summed E-state index contributed by atoms with van der Waals surface area (Å²) in [5.41, 5.74) is 0.491. The second kappa shape index (κ2) is 10.6. The first kappa shape index (κ1) is 24.5. The largest absolute Gasteiger partial charge is 0.397 e. The lowest BCUT2D eigenvalue weighted by Crippen LogP contribution is -2.74. The normalized spacial score (nSPS) is 15.1. The van der Waals surface area contributed by atoms with Crippen LogP contribution in [-0.4, -0.2) is 49.1 Å². The van der Waals surface area contributed by atoms with E-state index in [0.717, 1.165) is 6.42 Å². The Morgan fingerprint density at radius 3 is 1.12 bits per heavy atom. The van der Waals surface area contributed by atoms with Crippen molar-refractivity contribution in [3.63, 3.8) is 0 Å². The fourth-order valence-electron chi connectivity index (χ4n) is 4.83. The Hall–Kier alpha value is 0.531. The molecule has 0 aliphatic carbocycles. The SMILES string of the molecule is CCC(N([Si](CC)(CC)CC)[Si](CC)(CC)CC)[Si](C)(OC)OC. The third-order valence-corrected chi connectivity index (χ3v) is 24.5. The van der Waals surface area contributed by atoms with E-state index in [0.29, 0.717) is 5.67 Å². The van der Waals surface area contributed by atoms with Gasteiger partial charge in [-0.1, -0.05) is 48.5 Å². The van der Waals surface area contributed by atoms with Crippen molar-refractivity contribution < 1.29 is 8.85 Å². The molecule has 0 bridgehead atoms. The van der Waals surface area contributed by atoms with Crippen molar-refractivity contribution in [3.8, 4) is 0 Å². The summed E-state index contributed by atoms with van der Waals surface area (Å²) < 4.78 is 15.4. The van der Waals surface area contributed by atoms with Crippen molar-refractivity contribution in [2.75, 3.05) is 14.2 Å². The van der Waals surface area contributed by atoms with E-state index in [-0.39, 0.29) is 0 Å². The number of hydrogen-bond acceptors (Lipinski definition) is 3. The minimum Gasteiger partial charge on any atom is -0.397 e. The fourth-order valence-corrected chi connectivity index (χ4v) is 23.4. The third kappa shape index (κ3) is 4.43. The summed E-state index contributed by atoms with van der Waals surface area (Å²) in [5.74, 6) is 0. The summed E-state index contributed by atoms with van der Waals surface area (Å²) in [6.07, 6.45) is 1.15. The standard InChI is InChI=1S/C18H45NO2Si3/c1-11-18(22(10,20-8)21-9)19(23(12-2,13-3)14-4)24(15-5,16-6)17-7/h18H,11-17H2,1-10H3. The molecular weight excluding hydrogens is 346 g/mol. The predicted molar refractivity (Wildman–Crippen MR) is 116 cm³/mol. The molecule has 0 amide bonds. The summed E-state index contributed by atoms with van der Waals surface area (Å²) in [6.45, 7) is 19.3. The average Bonchev–Trinajstić information content (AvgIpc) is 2.65. The molecular formula is C18H45NO2Si3. The van der Waals surface area contributed by atoms with Crippen LogP contribution in [-0.2, 0) is 8.85 Å². The minimum absolute atomic E-state index is 0.491. The molecule has 0 heterocycles. The van der Waals surface area contributed by atoms with Crippen molar-refractivity contribution in [1.29, 1.82) is 0 Å². The van der Waals surface area contributed by atoms with E-state index in [1.165, 1.54) is 36.3 Å². The molecule has 0 saturated heterocycles. The zero-order valence-corrected chi connectivity index (χ0v) is 21.3. The zero-order chi connectivity index (χ0) is 19.0. The van der Waals surface area contributed by atoms with Crippen LogP contribution in [0.3, 0.4) is 0 Å². The molecule has 0 aliphatic rings. The molecule has 0 spiro atoms. The molecule has 1 atom stereocenters. The van der Waals surface area contributed by atoms with Gasteiger partial charge in [-0.25, -0.2) is 0 Å². The Bertz CT molecular complexity index is 307. The number of nitrogens with zero attached hydrogens (tertiary/aromatic N) is 1. The van der Waals surface area contributed by atoms with Crippen LogP contribution in [0.5, 0.6) is 0 Å². The maximum atomic E-state index is 6.10. The van der Waals surface area contributed by atoms with Gasteiger partial charge < -0.3 is 13.1 Å². The highest BCUT2D eigenvalue weighted by molar-refractivity contribution is 6.94. The Balaban J connectivity index is 6.50. The Kier molecular flexibility index (Phi) is 10.9. The van der Waals surface area contributed by atoms with Crippen LogP contribution in [0.25, 0.3) is 0 Å². The third-order valence-electron chi connectivity index (χ3n) is 7.09. The van der Waals surface area contributed by atoms with E-state index in [9.17, 15) is 0 Å². The molecule has 0 aromatic rings.